The minimum Gasteiger partial charge on any atom is -0.398 e. The lowest BCUT2D eigenvalue weighted by Gasteiger charge is -2.28. The molecule has 0 heterocycles. The van der Waals surface area contributed by atoms with Crippen LogP contribution in [-0.2, 0) is 0 Å². The Bertz CT molecular complexity index is 451. The van der Waals surface area contributed by atoms with E-state index in [1.807, 2.05) is 0 Å². The number of nitrogens with two attached hydrogens (primary N) is 1. The molecule has 0 bridgehead atoms. The molecule has 1 aliphatic rings. The lowest BCUT2D eigenvalue weighted by molar-refractivity contribution is 0.0717. The Balaban J connectivity index is 2.09. The Labute approximate surface area is 111 Å². The maximum Gasteiger partial charge on any atom is 0.253 e. The van der Waals surface area contributed by atoms with Crippen molar-refractivity contribution >= 4 is 23.2 Å². The number of hydrogen-bond donors (Lipinski definition) is 3. The summed E-state index contributed by atoms with van der Waals surface area (Å²) in [6, 6.07) is 4.77. The van der Waals surface area contributed by atoms with Gasteiger partial charge in [0.15, 0.2) is 0 Å². The normalized spacial score (nSPS) is 23.7. The second kappa shape index (κ2) is 5.59. The van der Waals surface area contributed by atoms with Crippen LogP contribution in [0.3, 0.4) is 0 Å². The molecule has 4 nitrogen and oxygen atoms in total. The predicted octanol–water partition coefficient (Wildman–Crippen LogP) is 1.96. The number of hydrogen-bond acceptors (Lipinski definition) is 3. The van der Waals surface area contributed by atoms with Crippen LogP contribution in [0, 0.1) is 0 Å². The van der Waals surface area contributed by atoms with Crippen molar-refractivity contribution in [1.82, 2.24) is 5.32 Å². The summed E-state index contributed by atoms with van der Waals surface area (Å²) in [6.07, 6.45) is 3.09. The number of carbonyl (C=O) groups excluding carboxylic acids is 1. The molecule has 1 saturated carbocycles. The second-order valence-corrected chi connectivity index (χ2v) is 5.02. The summed E-state index contributed by atoms with van der Waals surface area (Å²) in [5, 5.41) is 12.9. The van der Waals surface area contributed by atoms with Gasteiger partial charge in [0.25, 0.3) is 5.91 Å². The van der Waals surface area contributed by atoms with E-state index in [9.17, 15) is 9.90 Å². The molecule has 0 unspecified atom stereocenters. The second-order valence-electron chi connectivity index (χ2n) is 4.64. The van der Waals surface area contributed by atoms with E-state index >= 15 is 0 Å². The summed E-state index contributed by atoms with van der Waals surface area (Å²) in [7, 11) is 0. The molecule has 2 atom stereocenters. The smallest absolute Gasteiger partial charge is 0.253 e. The van der Waals surface area contributed by atoms with Gasteiger partial charge in [-0.1, -0.05) is 30.5 Å². The predicted molar refractivity (Wildman–Crippen MR) is 71.6 cm³/mol. The molecule has 1 aliphatic carbocycles. The fraction of sp³-hybridized carbons (Fsp3) is 0.462. The van der Waals surface area contributed by atoms with E-state index in [0.29, 0.717) is 11.3 Å². The van der Waals surface area contributed by atoms with Gasteiger partial charge in [0, 0.05) is 0 Å². The zero-order valence-electron chi connectivity index (χ0n) is 10.0. The van der Waals surface area contributed by atoms with E-state index in [2.05, 4.69) is 5.32 Å². The molecule has 1 aromatic rings. The van der Waals surface area contributed by atoms with Gasteiger partial charge in [0.1, 0.15) is 0 Å². The first kappa shape index (κ1) is 13.2. The van der Waals surface area contributed by atoms with E-state index in [1.165, 1.54) is 0 Å². The van der Waals surface area contributed by atoms with Crippen molar-refractivity contribution in [2.24, 2.45) is 0 Å². The molecule has 0 saturated heterocycles. The Morgan fingerprint density at radius 1 is 1.39 bits per heavy atom. The third-order valence-electron chi connectivity index (χ3n) is 3.32. The molecular formula is C13H17ClN2O2. The molecule has 1 amide bonds. The number of anilines is 1. The molecule has 1 aromatic carbocycles. The van der Waals surface area contributed by atoms with E-state index in [-0.39, 0.29) is 17.0 Å². The lowest BCUT2D eigenvalue weighted by atomic mass is 9.92. The minimum absolute atomic E-state index is 0.191. The highest BCUT2D eigenvalue weighted by Gasteiger charge is 2.25. The van der Waals surface area contributed by atoms with Crippen LogP contribution in [0.15, 0.2) is 18.2 Å². The SMILES string of the molecule is Nc1cccc(C(=O)N[C@@H]2CCCC[C@H]2O)c1Cl. The van der Waals surface area contributed by atoms with Crippen molar-refractivity contribution in [3.05, 3.63) is 28.8 Å². The molecule has 4 N–H and O–H groups in total. The third kappa shape index (κ3) is 2.76. The van der Waals surface area contributed by atoms with Gasteiger partial charge in [-0.2, -0.15) is 0 Å². The molecule has 98 valence electrons. The zero-order chi connectivity index (χ0) is 13.1. The van der Waals surface area contributed by atoms with Crippen molar-refractivity contribution in [3.63, 3.8) is 0 Å². The Morgan fingerprint density at radius 2 is 2.11 bits per heavy atom. The highest BCUT2D eigenvalue weighted by molar-refractivity contribution is 6.36. The van der Waals surface area contributed by atoms with Crippen LogP contribution < -0.4 is 11.1 Å². The van der Waals surface area contributed by atoms with Crippen molar-refractivity contribution in [2.45, 2.75) is 37.8 Å². The molecule has 1 fully saturated rings. The van der Waals surface area contributed by atoms with Crippen molar-refractivity contribution in [2.75, 3.05) is 5.73 Å². The number of carbonyl (C=O) groups is 1. The number of nitrogens with one attached hydrogen (secondary N) is 1. The molecule has 0 aromatic heterocycles. The summed E-state index contributed by atoms with van der Waals surface area (Å²) in [4.78, 5) is 12.1. The molecular weight excluding hydrogens is 252 g/mol. The number of amides is 1. The monoisotopic (exact) mass is 268 g/mol. The lowest BCUT2D eigenvalue weighted by Crippen LogP contribution is -2.45. The number of aliphatic hydroxyl groups excluding tert-OH is 1. The summed E-state index contributed by atoms with van der Waals surface area (Å²) in [5.41, 5.74) is 6.40. The van der Waals surface area contributed by atoms with Crippen LogP contribution in [0.5, 0.6) is 0 Å². The fourth-order valence-corrected chi connectivity index (χ4v) is 2.46. The number of benzene rings is 1. The molecule has 0 spiro atoms. The molecule has 18 heavy (non-hydrogen) atoms. The standard InChI is InChI=1S/C13H17ClN2O2/c14-12-8(4-3-5-9(12)15)13(18)16-10-6-1-2-7-11(10)17/h3-5,10-11,17H,1-2,6-7,15H2,(H,16,18)/t10-,11-/m1/s1. The van der Waals surface area contributed by atoms with Gasteiger partial charge in [-0.3, -0.25) is 4.79 Å². The van der Waals surface area contributed by atoms with E-state index < -0.39 is 6.10 Å². The quantitative estimate of drug-likeness (QED) is 0.718. The van der Waals surface area contributed by atoms with Crippen molar-refractivity contribution < 1.29 is 9.90 Å². The van der Waals surface area contributed by atoms with Gasteiger partial charge in [-0.05, 0) is 25.0 Å². The Kier molecular flexibility index (Phi) is 4.09. The maximum atomic E-state index is 12.1. The first-order valence-corrected chi connectivity index (χ1v) is 6.50. The average Bonchev–Trinajstić information content (AvgIpc) is 2.35. The molecule has 0 aliphatic heterocycles. The first-order chi connectivity index (χ1) is 8.59. The summed E-state index contributed by atoms with van der Waals surface area (Å²) in [5.74, 6) is -0.279. The van der Waals surface area contributed by atoms with Crippen LogP contribution in [0.2, 0.25) is 5.02 Å². The average molecular weight is 269 g/mol. The van der Waals surface area contributed by atoms with Gasteiger partial charge < -0.3 is 16.2 Å². The highest BCUT2D eigenvalue weighted by atomic mass is 35.5. The summed E-state index contributed by atoms with van der Waals surface area (Å²) >= 11 is 5.99. The third-order valence-corrected chi connectivity index (χ3v) is 3.74. The number of halogens is 1. The molecule has 2 rings (SSSR count). The van der Waals surface area contributed by atoms with Gasteiger partial charge >= 0.3 is 0 Å². The van der Waals surface area contributed by atoms with Gasteiger partial charge in [-0.15, -0.1) is 0 Å². The van der Waals surface area contributed by atoms with Gasteiger partial charge in [0.05, 0.1) is 28.4 Å². The van der Waals surface area contributed by atoms with Crippen LogP contribution in [0.25, 0.3) is 0 Å². The number of nitrogen functional groups attached to an aromatic ring is 1. The zero-order valence-corrected chi connectivity index (χ0v) is 10.8. The van der Waals surface area contributed by atoms with Crippen LogP contribution >= 0.6 is 11.6 Å². The van der Waals surface area contributed by atoms with E-state index in [1.54, 1.807) is 18.2 Å². The van der Waals surface area contributed by atoms with Crippen molar-refractivity contribution in [3.8, 4) is 0 Å². The number of aliphatic hydroxyl groups is 1. The van der Waals surface area contributed by atoms with E-state index in [0.717, 1.165) is 25.7 Å². The summed E-state index contributed by atoms with van der Waals surface area (Å²) < 4.78 is 0. The van der Waals surface area contributed by atoms with Crippen LogP contribution in [0.4, 0.5) is 5.69 Å². The fourth-order valence-electron chi connectivity index (χ4n) is 2.25. The van der Waals surface area contributed by atoms with Crippen molar-refractivity contribution in [1.29, 1.82) is 0 Å². The maximum absolute atomic E-state index is 12.1. The number of rotatable bonds is 2. The van der Waals surface area contributed by atoms with Gasteiger partial charge in [0.2, 0.25) is 0 Å². The molecule has 5 heteroatoms. The minimum atomic E-state index is -0.470. The molecule has 0 radical (unpaired) electrons. The first-order valence-electron chi connectivity index (χ1n) is 6.12. The van der Waals surface area contributed by atoms with Crippen LogP contribution in [-0.4, -0.2) is 23.2 Å². The Hall–Kier alpha value is -1.26. The topological polar surface area (TPSA) is 75.4 Å². The van der Waals surface area contributed by atoms with Gasteiger partial charge in [-0.25, -0.2) is 0 Å². The van der Waals surface area contributed by atoms with E-state index in [4.69, 9.17) is 17.3 Å². The highest BCUT2D eigenvalue weighted by Crippen LogP contribution is 2.24. The Morgan fingerprint density at radius 3 is 2.83 bits per heavy atom. The van der Waals surface area contributed by atoms with Crippen LogP contribution in [0.1, 0.15) is 36.0 Å². The largest absolute Gasteiger partial charge is 0.398 e. The summed E-state index contributed by atoms with van der Waals surface area (Å²) in [6.45, 7) is 0.